The number of anilines is 2. The highest BCUT2D eigenvalue weighted by molar-refractivity contribution is 6.36. The molecule has 0 radical (unpaired) electrons. The summed E-state index contributed by atoms with van der Waals surface area (Å²) in [6.45, 7) is 1.98. The quantitative estimate of drug-likeness (QED) is 0.546. The molecule has 2 atom stereocenters. The molecule has 1 heterocycles. The van der Waals surface area contributed by atoms with Crippen molar-refractivity contribution >= 4 is 52.3 Å². The van der Waals surface area contributed by atoms with Crippen molar-refractivity contribution < 1.29 is 14.4 Å². The van der Waals surface area contributed by atoms with Gasteiger partial charge < -0.3 is 5.32 Å². The van der Waals surface area contributed by atoms with E-state index in [1.54, 1.807) is 36.4 Å². The van der Waals surface area contributed by atoms with Crippen LogP contribution in [-0.2, 0) is 9.59 Å². The summed E-state index contributed by atoms with van der Waals surface area (Å²) in [5.74, 6) is -1.45. The van der Waals surface area contributed by atoms with E-state index in [1.807, 2.05) is 13.0 Å². The Morgan fingerprint density at radius 2 is 1.83 bits per heavy atom. The molecule has 0 unspecified atom stereocenters. The fraction of sp³-hybridized carbons (Fsp3) is 0.227. The highest BCUT2D eigenvalue weighted by Gasteiger charge is 2.48. The van der Waals surface area contributed by atoms with Gasteiger partial charge in [0.1, 0.15) is 0 Å². The van der Waals surface area contributed by atoms with Gasteiger partial charge in [-0.05, 0) is 56.2 Å². The van der Waals surface area contributed by atoms with Crippen LogP contribution in [0.25, 0.3) is 0 Å². The van der Waals surface area contributed by atoms with Crippen LogP contribution in [0.5, 0.6) is 0 Å². The van der Waals surface area contributed by atoms with E-state index in [2.05, 4.69) is 5.32 Å². The number of nitrogens with zero attached hydrogens (tertiary/aromatic N) is 1. The highest BCUT2D eigenvalue weighted by Crippen LogP contribution is 2.39. The fourth-order valence-electron chi connectivity index (χ4n) is 3.86. The van der Waals surface area contributed by atoms with Crippen LogP contribution in [-0.4, -0.2) is 17.7 Å². The van der Waals surface area contributed by atoms with Crippen molar-refractivity contribution in [2.24, 2.45) is 11.8 Å². The lowest BCUT2D eigenvalue weighted by molar-refractivity contribution is -0.122. The van der Waals surface area contributed by atoms with Crippen LogP contribution in [0.2, 0.25) is 10.0 Å². The third kappa shape index (κ3) is 3.68. The van der Waals surface area contributed by atoms with Gasteiger partial charge in [-0.1, -0.05) is 40.9 Å². The lowest BCUT2D eigenvalue weighted by Crippen LogP contribution is -2.31. The summed E-state index contributed by atoms with van der Waals surface area (Å²) in [6, 6.07) is 11.3. The van der Waals surface area contributed by atoms with Gasteiger partial charge in [-0.25, -0.2) is 0 Å². The van der Waals surface area contributed by atoms with Crippen molar-refractivity contribution in [3.05, 3.63) is 69.7 Å². The summed E-state index contributed by atoms with van der Waals surface area (Å²) in [4.78, 5) is 39.6. The largest absolute Gasteiger partial charge is 0.321 e. The number of fused-ring (bicyclic) bond motifs is 1. The van der Waals surface area contributed by atoms with Gasteiger partial charge in [-0.3, -0.25) is 19.3 Å². The molecule has 7 heteroatoms. The Labute approximate surface area is 178 Å². The topological polar surface area (TPSA) is 66.5 Å². The first-order valence-corrected chi connectivity index (χ1v) is 10.0. The number of halogens is 2. The van der Waals surface area contributed by atoms with Crippen LogP contribution in [0.4, 0.5) is 11.4 Å². The Hall–Kier alpha value is -2.63. The van der Waals surface area contributed by atoms with Gasteiger partial charge in [-0.2, -0.15) is 0 Å². The molecule has 1 aliphatic heterocycles. The van der Waals surface area contributed by atoms with Crippen LogP contribution in [0.1, 0.15) is 30.1 Å². The predicted molar refractivity (Wildman–Crippen MR) is 113 cm³/mol. The Morgan fingerprint density at radius 1 is 1.07 bits per heavy atom. The van der Waals surface area contributed by atoms with E-state index in [-0.39, 0.29) is 23.7 Å². The van der Waals surface area contributed by atoms with Crippen LogP contribution in [0.3, 0.4) is 0 Å². The Kier molecular flexibility index (Phi) is 5.19. The van der Waals surface area contributed by atoms with Gasteiger partial charge in [0, 0.05) is 10.6 Å². The summed E-state index contributed by atoms with van der Waals surface area (Å²) in [5.41, 5.74) is 2.27. The van der Waals surface area contributed by atoms with Gasteiger partial charge >= 0.3 is 0 Å². The molecule has 2 aromatic carbocycles. The van der Waals surface area contributed by atoms with E-state index < -0.39 is 5.91 Å². The first-order chi connectivity index (χ1) is 13.8. The summed E-state index contributed by atoms with van der Waals surface area (Å²) in [5, 5.41) is 3.51. The SMILES string of the molecule is CC1=CC[C@H]2C(=O)N(c3cccc(C(=O)Nc4ccc(Cl)cc4Cl)c3)C(=O)[C@H]2C1. The van der Waals surface area contributed by atoms with Crippen LogP contribution in [0.15, 0.2) is 54.1 Å². The minimum Gasteiger partial charge on any atom is -0.321 e. The minimum absolute atomic E-state index is 0.203. The Balaban J connectivity index is 1.58. The van der Waals surface area contributed by atoms with Gasteiger partial charge in [0.2, 0.25) is 11.8 Å². The fourth-order valence-corrected chi connectivity index (χ4v) is 4.32. The van der Waals surface area contributed by atoms with Crippen molar-refractivity contribution in [3.63, 3.8) is 0 Å². The molecule has 1 N–H and O–H groups in total. The molecule has 29 heavy (non-hydrogen) atoms. The van der Waals surface area contributed by atoms with Crippen molar-refractivity contribution in [1.82, 2.24) is 0 Å². The highest BCUT2D eigenvalue weighted by atomic mass is 35.5. The maximum atomic E-state index is 12.9. The standard InChI is InChI=1S/C22H18Cl2N2O3/c1-12-5-7-16-17(9-12)22(29)26(21(16)28)15-4-2-3-13(10-15)20(27)25-19-8-6-14(23)11-18(19)24/h2-6,8,10-11,16-17H,7,9H2,1H3,(H,25,27)/t16-,17+/m1/s1. The average molecular weight is 429 g/mol. The number of carbonyl (C=O) groups excluding carboxylic acids is 3. The zero-order valence-electron chi connectivity index (χ0n) is 15.6. The summed E-state index contributed by atoms with van der Waals surface area (Å²) < 4.78 is 0. The smallest absolute Gasteiger partial charge is 0.255 e. The third-order valence-electron chi connectivity index (χ3n) is 5.37. The van der Waals surface area contributed by atoms with Crippen molar-refractivity contribution in [2.75, 3.05) is 10.2 Å². The van der Waals surface area contributed by atoms with E-state index in [9.17, 15) is 14.4 Å². The normalized spacial score (nSPS) is 21.1. The molecule has 2 aliphatic rings. The van der Waals surface area contributed by atoms with Gasteiger partial charge in [-0.15, -0.1) is 0 Å². The van der Waals surface area contributed by atoms with Gasteiger partial charge in [0.25, 0.3) is 5.91 Å². The van der Waals surface area contributed by atoms with E-state index in [1.165, 1.54) is 11.0 Å². The molecule has 0 aromatic heterocycles. The Bertz CT molecular complexity index is 1060. The van der Waals surface area contributed by atoms with E-state index in [0.717, 1.165) is 5.57 Å². The zero-order chi connectivity index (χ0) is 20.7. The number of rotatable bonds is 3. The first kappa shape index (κ1) is 19.7. The number of hydrogen-bond acceptors (Lipinski definition) is 3. The van der Waals surface area contributed by atoms with E-state index in [4.69, 9.17) is 23.2 Å². The zero-order valence-corrected chi connectivity index (χ0v) is 17.1. The maximum Gasteiger partial charge on any atom is 0.255 e. The van der Waals surface area contributed by atoms with Crippen LogP contribution in [0, 0.1) is 11.8 Å². The maximum absolute atomic E-state index is 12.9. The van der Waals surface area contributed by atoms with Crippen LogP contribution >= 0.6 is 23.2 Å². The summed E-state index contributed by atoms with van der Waals surface area (Å²) in [7, 11) is 0. The van der Waals surface area contributed by atoms with Gasteiger partial charge in [0.05, 0.1) is 28.2 Å². The number of allylic oxidation sites excluding steroid dienone is 2. The second-order valence-electron chi connectivity index (χ2n) is 7.34. The molecule has 1 aliphatic carbocycles. The molecule has 5 nitrogen and oxygen atoms in total. The first-order valence-electron chi connectivity index (χ1n) is 9.25. The van der Waals surface area contributed by atoms with Crippen molar-refractivity contribution in [2.45, 2.75) is 19.8 Å². The minimum atomic E-state index is -0.398. The summed E-state index contributed by atoms with van der Waals surface area (Å²) >= 11 is 12.0. The molecular weight excluding hydrogens is 411 g/mol. The molecule has 2 aromatic rings. The lowest BCUT2D eigenvalue weighted by atomic mass is 9.82. The molecule has 1 saturated heterocycles. The molecule has 0 bridgehead atoms. The number of amides is 3. The number of hydrogen-bond donors (Lipinski definition) is 1. The Morgan fingerprint density at radius 3 is 2.59 bits per heavy atom. The lowest BCUT2D eigenvalue weighted by Gasteiger charge is -2.18. The molecular formula is C22H18Cl2N2O3. The molecule has 4 rings (SSSR count). The third-order valence-corrected chi connectivity index (χ3v) is 5.92. The van der Waals surface area contributed by atoms with Crippen LogP contribution < -0.4 is 10.2 Å². The molecule has 0 saturated carbocycles. The molecule has 0 spiro atoms. The number of carbonyl (C=O) groups is 3. The van der Waals surface area contributed by atoms with E-state index >= 15 is 0 Å². The average Bonchev–Trinajstić information content (AvgIpc) is 2.94. The molecule has 3 amide bonds. The predicted octanol–water partition coefficient (Wildman–Crippen LogP) is 5.09. The summed E-state index contributed by atoms with van der Waals surface area (Å²) in [6.07, 6.45) is 3.20. The number of benzene rings is 2. The van der Waals surface area contributed by atoms with Gasteiger partial charge in [0.15, 0.2) is 0 Å². The number of imide groups is 1. The van der Waals surface area contributed by atoms with Crippen molar-refractivity contribution in [1.29, 1.82) is 0 Å². The molecule has 1 fully saturated rings. The monoisotopic (exact) mass is 428 g/mol. The number of nitrogens with one attached hydrogen (secondary N) is 1. The van der Waals surface area contributed by atoms with Crippen molar-refractivity contribution in [3.8, 4) is 0 Å². The van der Waals surface area contributed by atoms with E-state index in [0.29, 0.717) is 39.8 Å². The second kappa shape index (κ2) is 7.65. The second-order valence-corrected chi connectivity index (χ2v) is 8.19. The molecule has 148 valence electrons.